The summed E-state index contributed by atoms with van der Waals surface area (Å²) in [6, 6.07) is 10.7. The van der Waals surface area contributed by atoms with Gasteiger partial charge in [-0.05, 0) is 59.0 Å². The van der Waals surface area contributed by atoms with Crippen molar-refractivity contribution < 1.29 is 36.8 Å². The van der Waals surface area contributed by atoms with Crippen molar-refractivity contribution in [3.05, 3.63) is 77.1 Å². The Hall–Kier alpha value is -4.82. The summed E-state index contributed by atoms with van der Waals surface area (Å²) in [6.07, 6.45) is 2.02. The second-order valence-electron chi connectivity index (χ2n) is 10.6. The number of nitrogens with one attached hydrogen (secondary N) is 3. The topological polar surface area (TPSA) is 211 Å². The summed E-state index contributed by atoms with van der Waals surface area (Å²) in [4.78, 5) is 43.7. The number of amides is 2. The number of benzene rings is 2. The second kappa shape index (κ2) is 13.0. The molecule has 0 aliphatic carbocycles. The highest BCUT2D eigenvalue weighted by Gasteiger charge is 2.28. The van der Waals surface area contributed by atoms with Crippen molar-refractivity contribution in [1.82, 2.24) is 10.3 Å². The van der Waals surface area contributed by atoms with Gasteiger partial charge in [-0.2, -0.15) is 8.42 Å². The summed E-state index contributed by atoms with van der Waals surface area (Å²) in [5.74, 6) is -2.46. The molecule has 3 aromatic rings. The molecule has 228 valence electrons. The van der Waals surface area contributed by atoms with E-state index in [1.165, 1.54) is 55.8 Å². The van der Waals surface area contributed by atoms with E-state index in [1.807, 2.05) is 20.8 Å². The van der Waals surface area contributed by atoms with E-state index in [2.05, 4.69) is 19.8 Å². The molecule has 0 saturated carbocycles. The molecule has 43 heavy (non-hydrogen) atoms. The molecule has 2 amide bonds. The number of nitrogens with two attached hydrogens (primary N) is 1. The number of anilines is 1. The molecule has 6 N–H and O–H groups in total. The molecule has 0 aliphatic heterocycles. The van der Waals surface area contributed by atoms with Crippen LogP contribution in [0.4, 0.5) is 5.69 Å². The van der Waals surface area contributed by atoms with Gasteiger partial charge >= 0.3 is 16.1 Å². The largest absolute Gasteiger partial charge is 0.497 e. The fraction of sp³-hybridized carbons (Fsp3) is 0.276. The standard InChI is InChI=1S/C29H33N5O8S/c1-29(2,3)24(15-35)34-26(36)16-6-9-20(22(12-16)28(38)42-43(5,39)40)19-10-8-18(41-4)13-21(19)27(37)33-17-7-11-23(25(30)31)32-14-17/h6-14,24,35H,15H2,1-5H3,(H3,30,31)(H,33,37)(H,34,36)/t24-/m1/s1. The zero-order chi connectivity index (χ0) is 32.1. The number of rotatable bonds is 10. The Kier molecular flexibility index (Phi) is 9.89. The van der Waals surface area contributed by atoms with Crippen LogP contribution in [-0.4, -0.2) is 68.1 Å². The van der Waals surface area contributed by atoms with Crippen molar-refractivity contribution >= 4 is 39.4 Å². The summed E-state index contributed by atoms with van der Waals surface area (Å²) in [5.41, 5.74) is 5.45. The maximum atomic E-state index is 13.5. The highest BCUT2D eigenvalue weighted by atomic mass is 32.2. The summed E-state index contributed by atoms with van der Waals surface area (Å²) < 4.78 is 33.6. The number of carbonyl (C=O) groups is 3. The van der Waals surface area contributed by atoms with Gasteiger partial charge in [-0.15, -0.1) is 0 Å². The van der Waals surface area contributed by atoms with Crippen molar-refractivity contribution in [2.75, 3.05) is 25.3 Å². The van der Waals surface area contributed by atoms with Gasteiger partial charge in [-0.3, -0.25) is 20.0 Å². The van der Waals surface area contributed by atoms with E-state index in [0.717, 1.165) is 6.07 Å². The molecule has 3 rings (SSSR count). The summed E-state index contributed by atoms with van der Waals surface area (Å²) in [7, 11) is -2.84. The Morgan fingerprint density at radius 1 is 1.02 bits per heavy atom. The van der Waals surface area contributed by atoms with Crippen LogP contribution in [0.2, 0.25) is 0 Å². The predicted octanol–water partition coefficient (Wildman–Crippen LogP) is 2.55. The van der Waals surface area contributed by atoms with Gasteiger partial charge < -0.3 is 30.4 Å². The van der Waals surface area contributed by atoms with E-state index >= 15 is 0 Å². The molecular weight excluding hydrogens is 578 g/mol. The predicted molar refractivity (Wildman–Crippen MR) is 160 cm³/mol. The van der Waals surface area contributed by atoms with Crippen LogP contribution < -0.4 is 21.1 Å². The van der Waals surface area contributed by atoms with Gasteiger partial charge in [-0.25, -0.2) is 4.79 Å². The van der Waals surface area contributed by atoms with Crippen molar-refractivity contribution in [2.45, 2.75) is 26.8 Å². The smallest absolute Gasteiger partial charge is 0.354 e. The normalized spacial score (nSPS) is 12.1. The first-order chi connectivity index (χ1) is 20.0. The maximum Gasteiger partial charge on any atom is 0.354 e. The van der Waals surface area contributed by atoms with Crippen LogP contribution >= 0.6 is 0 Å². The molecule has 2 aromatic carbocycles. The molecular formula is C29H33N5O8S. The molecule has 0 unspecified atom stereocenters. The van der Waals surface area contributed by atoms with Crippen molar-refractivity contribution in [3.63, 3.8) is 0 Å². The van der Waals surface area contributed by atoms with Crippen LogP contribution in [0.5, 0.6) is 5.75 Å². The number of hydrogen-bond donors (Lipinski definition) is 5. The van der Waals surface area contributed by atoms with Crippen LogP contribution in [0.15, 0.2) is 54.7 Å². The summed E-state index contributed by atoms with van der Waals surface area (Å²) in [6.45, 7) is 5.15. The highest BCUT2D eigenvalue weighted by Crippen LogP contribution is 2.32. The molecule has 0 radical (unpaired) electrons. The molecule has 1 heterocycles. The third-order valence-corrected chi connectivity index (χ3v) is 6.77. The van der Waals surface area contributed by atoms with E-state index in [-0.39, 0.29) is 51.6 Å². The van der Waals surface area contributed by atoms with Crippen LogP contribution in [0, 0.1) is 10.8 Å². The maximum absolute atomic E-state index is 13.5. The molecule has 0 spiro atoms. The van der Waals surface area contributed by atoms with Gasteiger partial charge in [-0.1, -0.05) is 26.8 Å². The average Bonchev–Trinajstić information content (AvgIpc) is 2.93. The number of aliphatic hydroxyl groups is 1. The zero-order valence-electron chi connectivity index (χ0n) is 24.2. The second-order valence-corrected chi connectivity index (χ2v) is 12.2. The summed E-state index contributed by atoms with van der Waals surface area (Å²) >= 11 is 0. The Labute approximate surface area is 249 Å². The van der Waals surface area contributed by atoms with Crippen LogP contribution in [-0.2, 0) is 14.3 Å². The average molecular weight is 612 g/mol. The number of hydrogen-bond acceptors (Lipinski definition) is 10. The number of ether oxygens (including phenoxy) is 1. The van der Waals surface area contributed by atoms with E-state index in [0.29, 0.717) is 12.0 Å². The Bertz CT molecular complexity index is 1670. The number of amidine groups is 1. The van der Waals surface area contributed by atoms with Gasteiger partial charge in [0.15, 0.2) is 0 Å². The van der Waals surface area contributed by atoms with E-state index in [1.54, 1.807) is 0 Å². The molecule has 14 heteroatoms. The third kappa shape index (κ3) is 8.36. The van der Waals surface area contributed by atoms with Gasteiger partial charge in [0.2, 0.25) is 0 Å². The minimum absolute atomic E-state index is 0.0111. The monoisotopic (exact) mass is 611 g/mol. The molecule has 1 aromatic heterocycles. The van der Waals surface area contributed by atoms with Crippen molar-refractivity contribution in [3.8, 4) is 16.9 Å². The van der Waals surface area contributed by atoms with Gasteiger partial charge in [0.05, 0.1) is 49.0 Å². The minimum atomic E-state index is -4.25. The van der Waals surface area contributed by atoms with Crippen LogP contribution in [0.1, 0.15) is 57.5 Å². The van der Waals surface area contributed by atoms with E-state index in [9.17, 15) is 27.9 Å². The van der Waals surface area contributed by atoms with Gasteiger partial charge in [0, 0.05) is 5.56 Å². The number of methoxy groups -OCH3 is 1. The first kappa shape index (κ1) is 32.7. The summed E-state index contributed by atoms with van der Waals surface area (Å²) in [5, 5.41) is 22.6. The van der Waals surface area contributed by atoms with E-state index < -0.39 is 39.4 Å². The number of carbonyl (C=O) groups excluding carboxylic acids is 3. The molecule has 0 fully saturated rings. The van der Waals surface area contributed by atoms with E-state index in [4.69, 9.17) is 15.9 Å². The third-order valence-electron chi connectivity index (χ3n) is 6.32. The van der Waals surface area contributed by atoms with Crippen LogP contribution in [0.25, 0.3) is 11.1 Å². The fourth-order valence-electron chi connectivity index (χ4n) is 3.95. The SMILES string of the molecule is COc1ccc(-c2ccc(C(=O)N[C@H](CO)C(C)(C)C)cc2C(=O)OS(C)(=O)=O)c(C(=O)Nc2ccc(C(=N)N)nc2)c1. The number of nitrogen functional groups attached to an aromatic ring is 1. The highest BCUT2D eigenvalue weighted by molar-refractivity contribution is 7.86. The lowest BCUT2D eigenvalue weighted by Crippen LogP contribution is -2.46. The number of aromatic nitrogens is 1. The lowest BCUT2D eigenvalue weighted by Gasteiger charge is -2.29. The van der Waals surface area contributed by atoms with Gasteiger partial charge in [0.25, 0.3) is 11.8 Å². The zero-order valence-corrected chi connectivity index (χ0v) is 25.0. The molecule has 0 saturated heterocycles. The molecule has 13 nitrogen and oxygen atoms in total. The van der Waals surface area contributed by atoms with Gasteiger partial charge in [0.1, 0.15) is 17.3 Å². The Morgan fingerprint density at radius 2 is 1.67 bits per heavy atom. The fourth-order valence-corrected chi connectivity index (χ4v) is 4.31. The first-order valence-corrected chi connectivity index (χ1v) is 14.7. The number of nitrogens with zero attached hydrogens (tertiary/aromatic N) is 1. The molecule has 0 bridgehead atoms. The quantitative estimate of drug-likeness (QED) is 0.128. The lowest BCUT2D eigenvalue weighted by molar-refractivity contribution is 0.0748. The molecule has 0 aliphatic rings. The first-order valence-electron chi connectivity index (χ1n) is 12.8. The Morgan fingerprint density at radius 3 is 2.21 bits per heavy atom. The van der Waals surface area contributed by atoms with Crippen molar-refractivity contribution in [2.24, 2.45) is 11.1 Å². The number of pyridine rings is 1. The Balaban J connectivity index is 2.13. The lowest BCUT2D eigenvalue weighted by atomic mass is 9.87. The minimum Gasteiger partial charge on any atom is -0.497 e. The number of aliphatic hydroxyl groups excluding tert-OH is 1. The molecule has 1 atom stereocenters. The van der Waals surface area contributed by atoms with Crippen LogP contribution in [0.3, 0.4) is 0 Å². The van der Waals surface area contributed by atoms with Crippen molar-refractivity contribution in [1.29, 1.82) is 5.41 Å².